The fourth-order valence-corrected chi connectivity index (χ4v) is 6.02. The number of anilines is 2. The first-order valence-electron chi connectivity index (χ1n) is 13.1. The van der Waals surface area contributed by atoms with Gasteiger partial charge in [0.1, 0.15) is 10.8 Å². The molecule has 1 aliphatic carbocycles. The Labute approximate surface area is 225 Å². The molecule has 10 heteroatoms. The fraction of sp³-hybridized carbons (Fsp3) is 0.429. The van der Waals surface area contributed by atoms with Gasteiger partial charge in [-0.25, -0.2) is 19.7 Å². The number of carbonyl (C=O) groups excluding carboxylic acids is 1. The topological polar surface area (TPSA) is 109 Å². The summed E-state index contributed by atoms with van der Waals surface area (Å²) in [7, 11) is -1.34. The maximum atomic E-state index is 13.7. The summed E-state index contributed by atoms with van der Waals surface area (Å²) < 4.78 is 18.8. The van der Waals surface area contributed by atoms with Crippen molar-refractivity contribution in [2.24, 2.45) is 5.92 Å². The highest BCUT2D eigenvalue weighted by Gasteiger charge is 2.53. The number of ether oxygens (including phenoxy) is 1. The largest absolute Gasteiger partial charge is 0.377 e. The third-order valence-electron chi connectivity index (χ3n) is 6.80. The highest BCUT2D eigenvalue weighted by Crippen LogP contribution is 2.52. The molecular formula is C28H34N6O3S. The van der Waals surface area contributed by atoms with Crippen LogP contribution in [0.25, 0.3) is 11.4 Å². The molecule has 2 amide bonds. The van der Waals surface area contributed by atoms with Gasteiger partial charge in [0.25, 0.3) is 0 Å². The number of benzene rings is 1. The third-order valence-corrected chi connectivity index (χ3v) is 8.75. The minimum absolute atomic E-state index is 0.159. The van der Waals surface area contributed by atoms with Gasteiger partial charge in [-0.1, -0.05) is 19.9 Å². The fourth-order valence-electron chi connectivity index (χ4n) is 4.49. The van der Waals surface area contributed by atoms with Gasteiger partial charge in [0, 0.05) is 36.6 Å². The molecule has 2 fully saturated rings. The van der Waals surface area contributed by atoms with E-state index in [0.29, 0.717) is 42.2 Å². The van der Waals surface area contributed by atoms with Crippen LogP contribution in [0.1, 0.15) is 39.3 Å². The molecule has 1 aromatic carbocycles. The summed E-state index contributed by atoms with van der Waals surface area (Å²) >= 11 is 0. The van der Waals surface area contributed by atoms with Crippen LogP contribution in [-0.2, 0) is 20.3 Å². The second kappa shape index (κ2) is 11.2. The second-order valence-electron chi connectivity index (χ2n) is 10.3. The highest BCUT2D eigenvalue weighted by molar-refractivity contribution is 7.86. The van der Waals surface area contributed by atoms with Crippen LogP contribution in [0, 0.1) is 5.92 Å². The van der Waals surface area contributed by atoms with Crippen molar-refractivity contribution in [3.63, 3.8) is 0 Å². The van der Waals surface area contributed by atoms with Crippen molar-refractivity contribution < 1.29 is 13.7 Å². The summed E-state index contributed by atoms with van der Waals surface area (Å²) in [5.74, 6) is 1.74. The smallest absolute Gasteiger partial charge is 0.319 e. The third kappa shape index (κ3) is 5.71. The monoisotopic (exact) mass is 534 g/mol. The molecule has 1 unspecified atom stereocenters. The lowest BCUT2D eigenvalue weighted by Crippen LogP contribution is -2.44. The molecule has 0 bridgehead atoms. The zero-order chi connectivity index (χ0) is 26.7. The van der Waals surface area contributed by atoms with Crippen molar-refractivity contribution in [1.82, 2.24) is 20.3 Å². The van der Waals surface area contributed by atoms with Crippen LogP contribution in [0.4, 0.5) is 16.3 Å². The van der Waals surface area contributed by atoms with E-state index < -0.39 is 15.5 Å². The van der Waals surface area contributed by atoms with Crippen LogP contribution in [0.5, 0.6) is 0 Å². The summed E-state index contributed by atoms with van der Waals surface area (Å²) in [5.41, 5.74) is 2.28. The predicted molar refractivity (Wildman–Crippen MR) is 149 cm³/mol. The van der Waals surface area contributed by atoms with Crippen molar-refractivity contribution >= 4 is 28.3 Å². The number of urea groups is 1. The molecule has 1 saturated carbocycles. The molecule has 1 saturated heterocycles. The van der Waals surface area contributed by atoms with Gasteiger partial charge >= 0.3 is 6.03 Å². The first-order chi connectivity index (χ1) is 18.4. The lowest BCUT2D eigenvalue weighted by molar-refractivity contribution is 0.0985. The Bertz CT molecular complexity index is 1300. The molecule has 2 atom stereocenters. The average molecular weight is 535 g/mol. The van der Waals surface area contributed by atoms with Crippen LogP contribution < -0.4 is 15.5 Å². The molecule has 1 aliphatic heterocycles. The molecular weight excluding hydrogens is 500 g/mol. The molecule has 2 aromatic heterocycles. The Hall–Kier alpha value is -3.37. The Morgan fingerprint density at radius 1 is 1.18 bits per heavy atom. The number of aromatic nitrogens is 3. The lowest BCUT2D eigenvalue weighted by atomic mass is 10.1. The average Bonchev–Trinajstić information content (AvgIpc) is 3.75. The van der Waals surface area contributed by atoms with E-state index in [1.54, 1.807) is 6.20 Å². The van der Waals surface area contributed by atoms with Crippen LogP contribution in [0.2, 0.25) is 0 Å². The number of hydrogen-bond donors (Lipinski definition) is 2. The number of amides is 2. The predicted octanol–water partition coefficient (Wildman–Crippen LogP) is 4.34. The number of nitrogens with zero attached hydrogens (tertiary/aromatic N) is 4. The van der Waals surface area contributed by atoms with E-state index in [1.165, 1.54) is 0 Å². The van der Waals surface area contributed by atoms with Gasteiger partial charge in [-0.2, -0.15) is 0 Å². The first-order valence-corrected chi connectivity index (χ1v) is 14.2. The van der Waals surface area contributed by atoms with E-state index in [0.717, 1.165) is 36.5 Å². The van der Waals surface area contributed by atoms with Gasteiger partial charge in [-0.05, 0) is 62.1 Å². The van der Waals surface area contributed by atoms with Gasteiger partial charge in [0.15, 0.2) is 5.82 Å². The van der Waals surface area contributed by atoms with Crippen molar-refractivity contribution in [3.8, 4) is 11.4 Å². The quantitative estimate of drug-likeness (QED) is 0.443. The van der Waals surface area contributed by atoms with Gasteiger partial charge in [-0.3, -0.25) is 4.21 Å². The summed E-state index contributed by atoms with van der Waals surface area (Å²) in [5, 5.41) is 6.29. The summed E-state index contributed by atoms with van der Waals surface area (Å²) in [6, 6.07) is 14.9. The molecule has 0 spiro atoms. The standard InChI is InChI=1S/C28H34N6O3S/c1-19(2)17-30-27(35)31-22-9-7-21(8-10-22)26-32-23(16-24(33-26)34-14-15-37-18-20(34)3)28(11-12-28)38(36)25-6-4-5-13-29-25/h4-10,13,16,19-20H,11-12,14-15,17-18H2,1-3H3,(H2,30,31,35)/t20-,38?/m0/s1. The van der Waals surface area contributed by atoms with Crippen molar-refractivity contribution in [3.05, 3.63) is 60.4 Å². The van der Waals surface area contributed by atoms with Crippen LogP contribution in [0.15, 0.2) is 59.8 Å². The van der Waals surface area contributed by atoms with Crippen LogP contribution >= 0.6 is 0 Å². The SMILES string of the molecule is CC(C)CNC(=O)Nc1ccc(-c2nc(N3CCOC[C@@H]3C)cc(C3(S(=O)c4ccccn4)CC3)n2)cc1. The molecule has 0 radical (unpaired) electrons. The molecule has 9 nitrogen and oxygen atoms in total. The number of carbonyl (C=O) groups is 1. The second-order valence-corrected chi connectivity index (χ2v) is 12.0. The lowest BCUT2D eigenvalue weighted by Gasteiger charge is -2.34. The molecule has 2 N–H and O–H groups in total. The first kappa shape index (κ1) is 26.2. The number of nitrogens with one attached hydrogen (secondary N) is 2. The minimum Gasteiger partial charge on any atom is -0.377 e. The van der Waals surface area contributed by atoms with Gasteiger partial charge < -0.3 is 20.3 Å². The Morgan fingerprint density at radius 3 is 2.63 bits per heavy atom. The van der Waals surface area contributed by atoms with E-state index in [9.17, 15) is 9.00 Å². The normalized spacial score (nSPS) is 19.2. The summed E-state index contributed by atoms with van der Waals surface area (Å²) in [6.45, 7) is 8.79. The van der Waals surface area contributed by atoms with Gasteiger partial charge in [-0.15, -0.1) is 0 Å². The minimum atomic E-state index is -1.34. The van der Waals surface area contributed by atoms with E-state index in [-0.39, 0.29) is 12.1 Å². The van der Waals surface area contributed by atoms with E-state index in [1.807, 2.05) is 62.4 Å². The van der Waals surface area contributed by atoms with Crippen LogP contribution in [0.3, 0.4) is 0 Å². The maximum absolute atomic E-state index is 13.7. The summed E-state index contributed by atoms with van der Waals surface area (Å²) in [6.07, 6.45) is 3.23. The Morgan fingerprint density at radius 2 is 1.97 bits per heavy atom. The number of hydrogen-bond acceptors (Lipinski definition) is 7. The highest BCUT2D eigenvalue weighted by atomic mass is 32.2. The molecule has 38 heavy (non-hydrogen) atoms. The van der Waals surface area contributed by atoms with E-state index in [2.05, 4.69) is 27.4 Å². The van der Waals surface area contributed by atoms with E-state index >= 15 is 0 Å². The van der Waals surface area contributed by atoms with Gasteiger partial charge in [0.05, 0.1) is 40.5 Å². The Balaban J connectivity index is 1.47. The maximum Gasteiger partial charge on any atom is 0.319 e. The van der Waals surface area contributed by atoms with Crippen molar-refractivity contribution in [2.75, 3.05) is 36.5 Å². The molecule has 3 heterocycles. The summed E-state index contributed by atoms with van der Waals surface area (Å²) in [4.78, 5) is 28.6. The van der Waals surface area contributed by atoms with E-state index in [4.69, 9.17) is 14.7 Å². The molecule has 2 aliphatic rings. The van der Waals surface area contributed by atoms with Gasteiger partial charge in [0.2, 0.25) is 0 Å². The molecule has 3 aromatic rings. The molecule has 5 rings (SSSR count). The zero-order valence-corrected chi connectivity index (χ0v) is 22.8. The van der Waals surface area contributed by atoms with Crippen LogP contribution in [-0.4, -0.2) is 57.5 Å². The Kier molecular flexibility index (Phi) is 7.71. The molecule has 200 valence electrons. The van der Waals surface area contributed by atoms with Crippen molar-refractivity contribution in [1.29, 1.82) is 0 Å². The number of morpholine rings is 1. The number of pyridine rings is 1. The number of rotatable bonds is 8. The zero-order valence-electron chi connectivity index (χ0n) is 22.0. The van der Waals surface area contributed by atoms with Crippen molar-refractivity contribution in [2.45, 2.75) is 49.4 Å².